The van der Waals surface area contributed by atoms with Gasteiger partial charge in [0.1, 0.15) is 11.6 Å². The Morgan fingerprint density at radius 1 is 1.05 bits per heavy atom. The summed E-state index contributed by atoms with van der Waals surface area (Å²) in [6.07, 6.45) is 1.17. The first-order valence-electron chi connectivity index (χ1n) is 6.44. The molecule has 4 heteroatoms. The molecule has 0 spiro atoms. The van der Waals surface area contributed by atoms with Crippen LogP contribution in [-0.4, -0.2) is 13.1 Å². The van der Waals surface area contributed by atoms with Crippen LogP contribution in [0.4, 0.5) is 8.78 Å². The van der Waals surface area contributed by atoms with Crippen LogP contribution < -0.4 is 5.32 Å². The minimum absolute atomic E-state index is 0.0369. The number of benzene rings is 2. The number of rotatable bonds is 5. The van der Waals surface area contributed by atoms with Crippen molar-refractivity contribution >= 4 is 11.6 Å². The smallest absolute Gasteiger partial charge is 0.126 e. The first-order chi connectivity index (χ1) is 9.60. The molecule has 0 aliphatic carbocycles. The first kappa shape index (κ1) is 14.9. The summed E-state index contributed by atoms with van der Waals surface area (Å²) in [5.41, 5.74) is 1.51. The molecule has 0 aromatic heterocycles. The number of likely N-dealkylation sites (N-methyl/N-ethyl adjacent to an activating group) is 1. The third kappa shape index (κ3) is 3.78. The molecule has 1 unspecified atom stereocenters. The monoisotopic (exact) mass is 295 g/mol. The Balaban J connectivity index is 2.11. The van der Waals surface area contributed by atoms with Gasteiger partial charge in [0.2, 0.25) is 0 Å². The lowest BCUT2D eigenvalue weighted by Crippen LogP contribution is -2.30. The van der Waals surface area contributed by atoms with Gasteiger partial charge in [-0.25, -0.2) is 8.78 Å². The van der Waals surface area contributed by atoms with Crippen molar-refractivity contribution in [2.75, 3.05) is 7.05 Å². The van der Waals surface area contributed by atoms with Gasteiger partial charge in [-0.1, -0.05) is 35.9 Å². The van der Waals surface area contributed by atoms with Gasteiger partial charge in [0.05, 0.1) is 0 Å². The zero-order valence-corrected chi connectivity index (χ0v) is 11.9. The van der Waals surface area contributed by atoms with Crippen molar-refractivity contribution < 1.29 is 8.78 Å². The van der Waals surface area contributed by atoms with Gasteiger partial charge < -0.3 is 5.32 Å². The zero-order chi connectivity index (χ0) is 14.5. The highest BCUT2D eigenvalue weighted by molar-refractivity contribution is 6.31. The molecular formula is C16H16ClF2N. The maximum absolute atomic E-state index is 13.7. The number of nitrogens with one attached hydrogen (secondary N) is 1. The van der Waals surface area contributed by atoms with E-state index in [4.69, 9.17) is 11.6 Å². The topological polar surface area (TPSA) is 12.0 Å². The Kier molecular flexibility index (Phi) is 5.10. The van der Waals surface area contributed by atoms with Crippen LogP contribution in [0.5, 0.6) is 0 Å². The van der Waals surface area contributed by atoms with E-state index in [2.05, 4.69) is 5.32 Å². The van der Waals surface area contributed by atoms with E-state index in [-0.39, 0.29) is 17.7 Å². The molecule has 1 N–H and O–H groups in total. The molecule has 0 aliphatic rings. The van der Waals surface area contributed by atoms with E-state index < -0.39 is 0 Å². The molecule has 0 fully saturated rings. The van der Waals surface area contributed by atoms with Crippen molar-refractivity contribution in [3.63, 3.8) is 0 Å². The van der Waals surface area contributed by atoms with Gasteiger partial charge in [-0.05, 0) is 49.2 Å². The van der Waals surface area contributed by atoms with Crippen molar-refractivity contribution in [1.82, 2.24) is 5.32 Å². The maximum Gasteiger partial charge on any atom is 0.126 e. The predicted molar refractivity (Wildman–Crippen MR) is 78.1 cm³/mol. The van der Waals surface area contributed by atoms with Crippen LogP contribution in [0.25, 0.3) is 0 Å². The van der Waals surface area contributed by atoms with Crippen LogP contribution in [-0.2, 0) is 12.8 Å². The van der Waals surface area contributed by atoms with E-state index in [1.54, 1.807) is 18.2 Å². The summed E-state index contributed by atoms with van der Waals surface area (Å²) >= 11 is 6.02. The van der Waals surface area contributed by atoms with E-state index in [1.807, 2.05) is 13.1 Å². The van der Waals surface area contributed by atoms with E-state index >= 15 is 0 Å². The average molecular weight is 296 g/mol. The normalized spacial score (nSPS) is 12.4. The Morgan fingerprint density at radius 3 is 2.40 bits per heavy atom. The molecule has 2 rings (SSSR count). The van der Waals surface area contributed by atoms with Gasteiger partial charge in [0, 0.05) is 11.1 Å². The minimum atomic E-state index is -0.353. The fourth-order valence-corrected chi connectivity index (χ4v) is 2.40. The molecule has 20 heavy (non-hydrogen) atoms. The van der Waals surface area contributed by atoms with Gasteiger partial charge in [-0.3, -0.25) is 0 Å². The van der Waals surface area contributed by atoms with Crippen molar-refractivity contribution in [1.29, 1.82) is 0 Å². The Hall–Kier alpha value is -1.45. The van der Waals surface area contributed by atoms with Crippen LogP contribution in [0.1, 0.15) is 11.1 Å². The second-order valence-corrected chi connectivity index (χ2v) is 5.13. The molecule has 106 valence electrons. The van der Waals surface area contributed by atoms with Crippen LogP contribution in [0, 0.1) is 11.6 Å². The Labute approximate surface area is 122 Å². The van der Waals surface area contributed by atoms with Gasteiger partial charge in [-0.15, -0.1) is 0 Å². The van der Waals surface area contributed by atoms with Gasteiger partial charge in [0.25, 0.3) is 0 Å². The third-order valence-corrected chi connectivity index (χ3v) is 3.67. The van der Waals surface area contributed by atoms with E-state index in [9.17, 15) is 8.78 Å². The molecule has 1 nitrogen and oxygen atoms in total. The second-order valence-electron chi connectivity index (χ2n) is 4.72. The lowest BCUT2D eigenvalue weighted by molar-refractivity contribution is 0.531. The first-order valence-corrected chi connectivity index (χ1v) is 6.82. The molecule has 0 radical (unpaired) electrons. The summed E-state index contributed by atoms with van der Waals surface area (Å²) in [4.78, 5) is 0. The average Bonchev–Trinajstić information content (AvgIpc) is 2.43. The summed E-state index contributed by atoms with van der Waals surface area (Å²) in [6, 6.07) is 11.1. The summed E-state index contributed by atoms with van der Waals surface area (Å²) in [7, 11) is 1.82. The molecule has 0 saturated carbocycles. The van der Waals surface area contributed by atoms with Crippen LogP contribution in [0.15, 0.2) is 42.5 Å². The molecule has 0 amide bonds. The highest BCUT2D eigenvalue weighted by Gasteiger charge is 2.13. The predicted octanol–water partition coefficient (Wildman–Crippen LogP) is 3.99. The quantitative estimate of drug-likeness (QED) is 0.879. The van der Waals surface area contributed by atoms with Crippen molar-refractivity contribution in [2.24, 2.45) is 0 Å². The van der Waals surface area contributed by atoms with Gasteiger partial charge >= 0.3 is 0 Å². The van der Waals surface area contributed by atoms with E-state index in [1.165, 1.54) is 18.2 Å². The highest BCUT2D eigenvalue weighted by atomic mass is 35.5. The summed E-state index contributed by atoms with van der Waals surface area (Å²) < 4.78 is 26.7. The van der Waals surface area contributed by atoms with Crippen molar-refractivity contribution in [3.05, 3.63) is 70.2 Å². The highest BCUT2D eigenvalue weighted by Crippen LogP contribution is 2.20. The molecule has 0 bridgehead atoms. The summed E-state index contributed by atoms with van der Waals surface area (Å²) in [6.45, 7) is 0. The molecule has 0 heterocycles. The zero-order valence-electron chi connectivity index (χ0n) is 11.2. The number of hydrogen-bond acceptors (Lipinski definition) is 1. The fourth-order valence-electron chi connectivity index (χ4n) is 2.16. The SMILES string of the molecule is CNC(Cc1ccccc1F)Cc1ccc(F)cc1Cl. The molecule has 2 aromatic carbocycles. The van der Waals surface area contributed by atoms with Crippen LogP contribution in [0.3, 0.4) is 0 Å². The summed E-state index contributed by atoms with van der Waals surface area (Å²) in [5.74, 6) is -0.563. The van der Waals surface area contributed by atoms with E-state index in [0.29, 0.717) is 23.4 Å². The van der Waals surface area contributed by atoms with Gasteiger partial charge in [-0.2, -0.15) is 0 Å². The Bertz CT molecular complexity index is 586. The largest absolute Gasteiger partial charge is 0.316 e. The molecule has 2 aromatic rings. The lowest BCUT2D eigenvalue weighted by atomic mass is 9.98. The standard InChI is InChI=1S/C16H16ClF2N/c1-20-14(9-12-4-2-3-5-16(12)19)8-11-6-7-13(18)10-15(11)17/h2-7,10,14,20H,8-9H2,1H3. The second kappa shape index (κ2) is 6.82. The maximum atomic E-state index is 13.7. The lowest BCUT2D eigenvalue weighted by Gasteiger charge is -2.17. The Morgan fingerprint density at radius 2 is 1.75 bits per heavy atom. The molecule has 0 aliphatic heterocycles. The molecular weight excluding hydrogens is 280 g/mol. The number of hydrogen-bond donors (Lipinski definition) is 1. The van der Waals surface area contributed by atoms with Crippen LogP contribution >= 0.6 is 11.6 Å². The van der Waals surface area contributed by atoms with Gasteiger partial charge in [0.15, 0.2) is 0 Å². The van der Waals surface area contributed by atoms with E-state index in [0.717, 1.165) is 5.56 Å². The van der Waals surface area contributed by atoms with Crippen molar-refractivity contribution in [2.45, 2.75) is 18.9 Å². The fraction of sp³-hybridized carbons (Fsp3) is 0.250. The molecule has 1 atom stereocenters. The van der Waals surface area contributed by atoms with Crippen LogP contribution in [0.2, 0.25) is 5.02 Å². The molecule has 0 saturated heterocycles. The third-order valence-electron chi connectivity index (χ3n) is 3.31. The van der Waals surface area contributed by atoms with Crippen molar-refractivity contribution in [3.8, 4) is 0 Å². The summed E-state index contributed by atoms with van der Waals surface area (Å²) in [5, 5.41) is 3.55. The minimum Gasteiger partial charge on any atom is -0.316 e. The number of halogens is 3.